The molecule has 1 aromatic heterocycles. The molecule has 1 saturated heterocycles. The van der Waals surface area contributed by atoms with Crippen molar-refractivity contribution in [2.75, 3.05) is 31.1 Å². The van der Waals surface area contributed by atoms with Crippen LogP contribution in [0.2, 0.25) is 0 Å². The van der Waals surface area contributed by atoms with Crippen molar-refractivity contribution >= 4 is 16.7 Å². The van der Waals surface area contributed by atoms with E-state index < -0.39 is 11.7 Å². The Morgan fingerprint density at radius 1 is 0.967 bits per heavy atom. The molecular weight excluding hydrogens is 393 g/mol. The third kappa shape index (κ3) is 4.21. The van der Waals surface area contributed by atoms with E-state index in [0.29, 0.717) is 44.0 Å². The molecule has 0 aliphatic carbocycles. The average molecular weight is 416 g/mol. The van der Waals surface area contributed by atoms with Crippen LogP contribution < -0.4 is 10.5 Å². The van der Waals surface area contributed by atoms with Crippen LogP contribution in [0, 0.1) is 13.8 Å². The number of halogens is 3. The van der Waals surface area contributed by atoms with E-state index in [2.05, 4.69) is 4.90 Å². The third-order valence-electron chi connectivity index (χ3n) is 5.75. The Labute approximate surface area is 172 Å². The number of fused-ring (bicyclic) bond motifs is 1. The van der Waals surface area contributed by atoms with Crippen molar-refractivity contribution in [1.82, 2.24) is 4.90 Å². The third-order valence-corrected chi connectivity index (χ3v) is 5.75. The molecule has 0 saturated carbocycles. The minimum atomic E-state index is -4.34. The standard InChI is InChI=1S/C23H23F3N2O2/c1-15-10-20-17(12-22(29)30-21(20)11-16(15)2)14-27-6-8-28(9-7-27)19-5-3-4-18(13-19)23(24,25)26/h3-5,10-13H,6-9,14H2,1-2H3. The normalized spacial score (nSPS) is 15.7. The van der Waals surface area contributed by atoms with Crippen molar-refractivity contribution in [3.63, 3.8) is 0 Å². The van der Waals surface area contributed by atoms with E-state index in [9.17, 15) is 18.0 Å². The van der Waals surface area contributed by atoms with Crippen molar-refractivity contribution in [1.29, 1.82) is 0 Å². The number of benzene rings is 2. The van der Waals surface area contributed by atoms with Crippen LogP contribution in [0.15, 0.2) is 51.7 Å². The van der Waals surface area contributed by atoms with Gasteiger partial charge in [-0.1, -0.05) is 6.07 Å². The van der Waals surface area contributed by atoms with Gasteiger partial charge < -0.3 is 9.32 Å². The maximum Gasteiger partial charge on any atom is 0.416 e. The molecule has 0 unspecified atom stereocenters. The number of anilines is 1. The van der Waals surface area contributed by atoms with Gasteiger partial charge in [0.25, 0.3) is 0 Å². The van der Waals surface area contributed by atoms with E-state index in [1.54, 1.807) is 6.07 Å². The second-order valence-corrected chi connectivity index (χ2v) is 7.83. The Balaban J connectivity index is 1.50. The lowest BCUT2D eigenvalue weighted by Gasteiger charge is -2.36. The largest absolute Gasteiger partial charge is 0.423 e. The van der Waals surface area contributed by atoms with Gasteiger partial charge in [-0.15, -0.1) is 0 Å². The molecule has 1 fully saturated rings. The summed E-state index contributed by atoms with van der Waals surface area (Å²) < 4.78 is 44.3. The molecule has 7 heteroatoms. The summed E-state index contributed by atoms with van der Waals surface area (Å²) in [5.41, 5.74) is 3.28. The molecule has 1 aliphatic rings. The highest BCUT2D eigenvalue weighted by atomic mass is 19.4. The molecule has 3 aromatic rings. The summed E-state index contributed by atoms with van der Waals surface area (Å²) >= 11 is 0. The summed E-state index contributed by atoms with van der Waals surface area (Å²) in [7, 11) is 0. The van der Waals surface area contributed by atoms with Crippen LogP contribution in [-0.2, 0) is 12.7 Å². The summed E-state index contributed by atoms with van der Waals surface area (Å²) in [6.45, 7) is 7.25. The zero-order chi connectivity index (χ0) is 21.5. The number of piperazine rings is 1. The fourth-order valence-corrected chi connectivity index (χ4v) is 3.90. The molecule has 4 rings (SSSR count). The fraction of sp³-hybridized carbons (Fsp3) is 0.348. The van der Waals surface area contributed by atoms with Crippen LogP contribution in [0.3, 0.4) is 0 Å². The van der Waals surface area contributed by atoms with Crippen LogP contribution in [0.1, 0.15) is 22.3 Å². The zero-order valence-electron chi connectivity index (χ0n) is 16.9. The van der Waals surface area contributed by atoms with E-state index in [-0.39, 0.29) is 5.63 Å². The second kappa shape index (κ2) is 7.80. The Hall–Kier alpha value is -2.80. The van der Waals surface area contributed by atoms with Gasteiger partial charge in [0.15, 0.2) is 0 Å². The highest BCUT2D eigenvalue weighted by molar-refractivity contribution is 5.81. The molecule has 0 spiro atoms. The SMILES string of the molecule is Cc1cc2oc(=O)cc(CN3CCN(c4cccc(C(F)(F)F)c4)CC3)c2cc1C. The molecule has 0 atom stereocenters. The van der Waals surface area contributed by atoms with Crippen LogP contribution >= 0.6 is 0 Å². The molecule has 30 heavy (non-hydrogen) atoms. The lowest BCUT2D eigenvalue weighted by atomic mass is 10.0. The molecule has 1 aliphatic heterocycles. The van der Waals surface area contributed by atoms with Crippen molar-refractivity contribution in [2.24, 2.45) is 0 Å². The van der Waals surface area contributed by atoms with E-state index in [4.69, 9.17) is 4.42 Å². The van der Waals surface area contributed by atoms with Crippen molar-refractivity contribution in [3.8, 4) is 0 Å². The summed E-state index contributed by atoms with van der Waals surface area (Å²) in [6, 6.07) is 10.9. The van der Waals surface area contributed by atoms with Gasteiger partial charge in [-0.3, -0.25) is 4.90 Å². The Kier molecular flexibility index (Phi) is 5.32. The smallest absolute Gasteiger partial charge is 0.416 e. The molecule has 158 valence electrons. The van der Waals surface area contributed by atoms with E-state index in [1.807, 2.05) is 30.9 Å². The van der Waals surface area contributed by atoms with Gasteiger partial charge in [-0.2, -0.15) is 13.2 Å². The van der Waals surface area contributed by atoms with Gasteiger partial charge in [0.05, 0.1) is 5.56 Å². The van der Waals surface area contributed by atoms with Crippen LogP contribution in [0.25, 0.3) is 11.0 Å². The molecule has 0 amide bonds. The lowest BCUT2D eigenvalue weighted by molar-refractivity contribution is -0.137. The molecular formula is C23H23F3N2O2. The topological polar surface area (TPSA) is 36.7 Å². The number of hydrogen-bond donors (Lipinski definition) is 0. The summed E-state index contributed by atoms with van der Waals surface area (Å²) in [4.78, 5) is 16.2. The van der Waals surface area contributed by atoms with Crippen molar-refractivity contribution < 1.29 is 17.6 Å². The van der Waals surface area contributed by atoms with Crippen molar-refractivity contribution in [2.45, 2.75) is 26.6 Å². The minimum Gasteiger partial charge on any atom is -0.423 e. The quantitative estimate of drug-likeness (QED) is 0.578. The monoisotopic (exact) mass is 416 g/mol. The molecule has 0 radical (unpaired) electrons. The summed E-state index contributed by atoms with van der Waals surface area (Å²) in [5, 5.41) is 0.929. The number of aryl methyl sites for hydroxylation is 2. The molecule has 0 N–H and O–H groups in total. The fourth-order valence-electron chi connectivity index (χ4n) is 3.90. The summed E-state index contributed by atoms with van der Waals surface area (Å²) in [5.74, 6) is 0. The van der Waals surface area contributed by atoms with E-state index >= 15 is 0 Å². The average Bonchev–Trinajstić information content (AvgIpc) is 2.69. The maximum atomic E-state index is 13.0. The molecule has 2 aromatic carbocycles. The first-order chi connectivity index (χ1) is 14.2. The van der Waals surface area contributed by atoms with E-state index in [1.165, 1.54) is 18.2 Å². The van der Waals surface area contributed by atoms with Gasteiger partial charge in [0, 0.05) is 49.9 Å². The number of nitrogens with zero attached hydrogens (tertiary/aromatic N) is 2. The summed E-state index contributed by atoms with van der Waals surface area (Å²) in [6.07, 6.45) is -4.34. The van der Waals surface area contributed by atoms with Gasteiger partial charge in [-0.25, -0.2) is 4.79 Å². The highest BCUT2D eigenvalue weighted by Crippen LogP contribution is 2.32. The molecule has 2 heterocycles. The Bertz CT molecular complexity index is 1130. The van der Waals surface area contributed by atoms with E-state index in [0.717, 1.165) is 28.1 Å². The van der Waals surface area contributed by atoms with Crippen LogP contribution in [-0.4, -0.2) is 31.1 Å². The Morgan fingerprint density at radius 3 is 2.37 bits per heavy atom. The zero-order valence-corrected chi connectivity index (χ0v) is 16.9. The first kappa shape index (κ1) is 20.5. The van der Waals surface area contributed by atoms with Crippen molar-refractivity contribution in [3.05, 3.63) is 75.1 Å². The Morgan fingerprint density at radius 2 is 1.67 bits per heavy atom. The van der Waals surface area contributed by atoms with Crippen LogP contribution in [0.4, 0.5) is 18.9 Å². The predicted octanol–water partition coefficient (Wildman–Crippen LogP) is 4.75. The number of rotatable bonds is 3. The second-order valence-electron chi connectivity index (χ2n) is 7.83. The van der Waals surface area contributed by atoms with Crippen LogP contribution in [0.5, 0.6) is 0 Å². The maximum absolute atomic E-state index is 13.0. The van der Waals surface area contributed by atoms with Gasteiger partial charge in [-0.05, 0) is 60.9 Å². The number of alkyl halides is 3. The van der Waals surface area contributed by atoms with Gasteiger partial charge in [0.2, 0.25) is 0 Å². The molecule has 0 bridgehead atoms. The first-order valence-electron chi connectivity index (χ1n) is 9.89. The molecule has 4 nitrogen and oxygen atoms in total. The lowest BCUT2D eigenvalue weighted by Crippen LogP contribution is -2.46. The number of hydrogen-bond acceptors (Lipinski definition) is 4. The predicted molar refractivity (Wildman–Crippen MR) is 111 cm³/mol. The van der Waals surface area contributed by atoms with Gasteiger partial charge in [0.1, 0.15) is 5.58 Å². The minimum absolute atomic E-state index is 0.372. The van der Waals surface area contributed by atoms with Gasteiger partial charge >= 0.3 is 11.8 Å². The first-order valence-corrected chi connectivity index (χ1v) is 9.89. The highest BCUT2D eigenvalue weighted by Gasteiger charge is 2.31.